The number of likely N-dealkylation sites (N-methyl/N-ethyl adjacent to an activating group) is 1. The van der Waals surface area contributed by atoms with Crippen molar-refractivity contribution in [2.24, 2.45) is 0 Å². The SMILES string of the molecule is CNC(=O)C1(Cc2ccc(-c3ccncc3)cc2)CN(Cc2cccc(F)c2)CCO1. The lowest BCUT2D eigenvalue weighted by Crippen LogP contribution is -2.60. The molecule has 1 amide bonds. The number of nitrogens with zero attached hydrogens (tertiary/aromatic N) is 2. The Labute approximate surface area is 181 Å². The van der Waals surface area contributed by atoms with Gasteiger partial charge in [0.25, 0.3) is 5.91 Å². The van der Waals surface area contributed by atoms with E-state index in [1.165, 1.54) is 12.1 Å². The maximum Gasteiger partial charge on any atom is 0.253 e. The van der Waals surface area contributed by atoms with Crippen molar-refractivity contribution in [1.29, 1.82) is 0 Å². The van der Waals surface area contributed by atoms with Gasteiger partial charge in [-0.2, -0.15) is 0 Å². The molecule has 5 nitrogen and oxygen atoms in total. The molecule has 0 aliphatic carbocycles. The minimum absolute atomic E-state index is 0.144. The van der Waals surface area contributed by atoms with Gasteiger partial charge in [0.1, 0.15) is 5.82 Å². The predicted molar refractivity (Wildman–Crippen MR) is 118 cm³/mol. The molecule has 6 heteroatoms. The van der Waals surface area contributed by atoms with Crippen LogP contribution in [-0.4, -0.2) is 48.1 Å². The number of rotatable bonds is 6. The number of hydrogen-bond acceptors (Lipinski definition) is 4. The molecule has 2 heterocycles. The second kappa shape index (κ2) is 9.37. The lowest BCUT2D eigenvalue weighted by atomic mass is 9.90. The highest BCUT2D eigenvalue weighted by Gasteiger charge is 2.43. The van der Waals surface area contributed by atoms with E-state index in [1.54, 1.807) is 25.5 Å². The monoisotopic (exact) mass is 419 g/mol. The third kappa shape index (κ3) is 4.98. The Morgan fingerprint density at radius 3 is 2.55 bits per heavy atom. The first-order chi connectivity index (χ1) is 15.1. The zero-order valence-electron chi connectivity index (χ0n) is 17.6. The third-order valence-corrected chi connectivity index (χ3v) is 5.66. The van der Waals surface area contributed by atoms with Gasteiger partial charge in [-0.3, -0.25) is 14.7 Å². The molecule has 2 aromatic carbocycles. The Bertz CT molecular complexity index is 1030. The van der Waals surface area contributed by atoms with E-state index < -0.39 is 5.60 Å². The van der Waals surface area contributed by atoms with Crippen molar-refractivity contribution in [3.63, 3.8) is 0 Å². The fourth-order valence-electron chi connectivity index (χ4n) is 4.13. The zero-order valence-corrected chi connectivity index (χ0v) is 17.6. The topological polar surface area (TPSA) is 54.5 Å². The molecule has 1 fully saturated rings. The molecule has 31 heavy (non-hydrogen) atoms. The van der Waals surface area contributed by atoms with Crippen LogP contribution in [0.3, 0.4) is 0 Å². The van der Waals surface area contributed by atoms with Gasteiger partial charge in [0.15, 0.2) is 5.60 Å². The highest BCUT2D eigenvalue weighted by atomic mass is 19.1. The van der Waals surface area contributed by atoms with Crippen LogP contribution in [0.1, 0.15) is 11.1 Å². The van der Waals surface area contributed by atoms with Crippen LogP contribution in [0.2, 0.25) is 0 Å². The highest BCUT2D eigenvalue weighted by molar-refractivity contribution is 5.86. The predicted octanol–water partition coefficient (Wildman–Crippen LogP) is 3.45. The standard InChI is InChI=1S/C25H26FN3O2/c1-27-24(30)25(16-19-5-7-21(8-6-19)22-9-11-28-12-10-22)18-29(13-14-31-25)17-20-3-2-4-23(26)15-20/h2-12,15H,13-14,16-18H2,1H3,(H,27,30). The van der Waals surface area contributed by atoms with E-state index in [9.17, 15) is 9.18 Å². The Morgan fingerprint density at radius 2 is 1.84 bits per heavy atom. The number of halogens is 1. The molecule has 1 aromatic heterocycles. The number of nitrogens with one attached hydrogen (secondary N) is 1. The largest absolute Gasteiger partial charge is 0.362 e. The maximum absolute atomic E-state index is 13.6. The van der Waals surface area contributed by atoms with E-state index in [1.807, 2.05) is 30.3 Å². The van der Waals surface area contributed by atoms with E-state index in [-0.39, 0.29) is 11.7 Å². The van der Waals surface area contributed by atoms with Crippen LogP contribution in [0.15, 0.2) is 73.1 Å². The van der Waals surface area contributed by atoms with Crippen molar-refractivity contribution >= 4 is 5.91 Å². The van der Waals surface area contributed by atoms with Gasteiger partial charge in [-0.15, -0.1) is 0 Å². The highest BCUT2D eigenvalue weighted by Crippen LogP contribution is 2.27. The number of ether oxygens (including phenoxy) is 1. The first-order valence-corrected chi connectivity index (χ1v) is 10.4. The Balaban J connectivity index is 1.53. The average molecular weight is 420 g/mol. The van der Waals surface area contributed by atoms with E-state index >= 15 is 0 Å². The second-order valence-electron chi connectivity index (χ2n) is 7.87. The van der Waals surface area contributed by atoms with Crippen LogP contribution < -0.4 is 5.32 Å². The number of pyridine rings is 1. The van der Waals surface area contributed by atoms with Crippen LogP contribution >= 0.6 is 0 Å². The van der Waals surface area contributed by atoms with Crippen molar-refractivity contribution < 1.29 is 13.9 Å². The lowest BCUT2D eigenvalue weighted by Gasteiger charge is -2.41. The molecule has 3 aromatic rings. The molecular formula is C25H26FN3O2. The summed E-state index contributed by atoms with van der Waals surface area (Å²) in [6.07, 6.45) is 4.00. The Morgan fingerprint density at radius 1 is 1.10 bits per heavy atom. The van der Waals surface area contributed by atoms with E-state index in [4.69, 9.17) is 4.74 Å². The molecule has 0 saturated carbocycles. The Hall–Kier alpha value is -3.09. The van der Waals surface area contributed by atoms with Crippen molar-refractivity contribution in [3.05, 3.63) is 90.0 Å². The van der Waals surface area contributed by atoms with Gasteiger partial charge in [0, 0.05) is 45.5 Å². The molecule has 0 bridgehead atoms. The summed E-state index contributed by atoms with van der Waals surface area (Å²) in [5.74, 6) is -0.396. The summed E-state index contributed by atoms with van der Waals surface area (Å²) in [6, 6.07) is 18.7. The van der Waals surface area contributed by atoms with Crippen molar-refractivity contribution in [1.82, 2.24) is 15.2 Å². The van der Waals surface area contributed by atoms with E-state index in [2.05, 4.69) is 27.3 Å². The molecule has 1 aliphatic heterocycles. The molecule has 0 radical (unpaired) electrons. The lowest BCUT2D eigenvalue weighted by molar-refractivity contribution is -0.160. The van der Waals surface area contributed by atoms with Crippen molar-refractivity contribution in [2.45, 2.75) is 18.6 Å². The van der Waals surface area contributed by atoms with Crippen LogP contribution in [0, 0.1) is 5.82 Å². The molecule has 160 valence electrons. The van der Waals surface area contributed by atoms with Crippen LogP contribution in [-0.2, 0) is 22.5 Å². The van der Waals surface area contributed by atoms with Gasteiger partial charge in [-0.25, -0.2) is 4.39 Å². The number of morpholine rings is 1. The molecule has 1 atom stereocenters. The molecule has 1 N–H and O–H groups in total. The van der Waals surface area contributed by atoms with Crippen LogP contribution in [0.5, 0.6) is 0 Å². The molecular weight excluding hydrogens is 393 g/mol. The molecule has 1 aliphatic rings. The third-order valence-electron chi connectivity index (χ3n) is 5.66. The number of carbonyl (C=O) groups is 1. The summed E-state index contributed by atoms with van der Waals surface area (Å²) in [6.45, 7) is 2.14. The number of amides is 1. The number of benzene rings is 2. The first-order valence-electron chi connectivity index (χ1n) is 10.4. The minimum atomic E-state index is -0.988. The molecule has 4 rings (SSSR count). The summed E-state index contributed by atoms with van der Waals surface area (Å²) in [5, 5.41) is 2.77. The normalized spacial score (nSPS) is 19.2. The van der Waals surface area contributed by atoms with Gasteiger partial charge >= 0.3 is 0 Å². The maximum atomic E-state index is 13.6. The summed E-state index contributed by atoms with van der Waals surface area (Å²) in [5.41, 5.74) is 3.11. The van der Waals surface area contributed by atoms with Crippen molar-refractivity contribution in [2.75, 3.05) is 26.7 Å². The zero-order chi connectivity index (χ0) is 21.7. The Kier molecular flexibility index (Phi) is 6.39. The summed E-state index contributed by atoms with van der Waals surface area (Å²) in [4.78, 5) is 19.1. The van der Waals surface area contributed by atoms with Crippen molar-refractivity contribution in [3.8, 4) is 11.1 Å². The second-order valence-corrected chi connectivity index (χ2v) is 7.87. The van der Waals surface area contributed by atoms with Gasteiger partial charge in [-0.05, 0) is 46.5 Å². The summed E-state index contributed by atoms with van der Waals surface area (Å²) in [7, 11) is 1.63. The van der Waals surface area contributed by atoms with Gasteiger partial charge in [-0.1, -0.05) is 36.4 Å². The fourth-order valence-corrected chi connectivity index (χ4v) is 4.13. The minimum Gasteiger partial charge on any atom is -0.362 e. The van der Waals surface area contributed by atoms with Gasteiger partial charge in [0.2, 0.25) is 0 Å². The molecule has 1 saturated heterocycles. The van der Waals surface area contributed by atoms with E-state index in [0.29, 0.717) is 32.7 Å². The smallest absolute Gasteiger partial charge is 0.253 e. The number of hydrogen-bond donors (Lipinski definition) is 1. The van der Waals surface area contributed by atoms with Crippen LogP contribution in [0.4, 0.5) is 4.39 Å². The summed E-state index contributed by atoms with van der Waals surface area (Å²) >= 11 is 0. The molecule has 0 spiro atoms. The average Bonchev–Trinajstić information content (AvgIpc) is 2.80. The fraction of sp³-hybridized carbons (Fsp3) is 0.280. The molecule has 1 unspecified atom stereocenters. The van der Waals surface area contributed by atoms with Gasteiger partial charge < -0.3 is 10.1 Å². The van der Waals surface area contributed by atoms with Crippen LogP contribution in [0.25, 0.3) is 11.1 Å². The number of aromatic nitrogens is 1. The number of carbonyl (C=O) groups excluding carboxylic acids is 1. The quantitative estimate of drug-likeness (QED) is 0.665. The summed E-state index contributed by atoms with van der Waals surface area (Å²) < 4.78 is 19.7. The van der Waals surface area contributed by atoms with E-state index in [0.717, 1.165) is 22.3 Å². The first kappa shape index (κ1) is 21.2. The van der Waals surface area contributed by atoms with Gasteiger partial charge in [0.05, 0.1) is 6.61 Å².